The number of rotatable bonds is 6. The molecule has 0 fully saturated rings. The summed E-state index contributed by atoms with van der Waals surface area (Å²) in [4.78, 5) is 29.3. The van der Waals surface area contributed by atoms with Gasteiger partial charge in [0.1, 0.15) is 5.76 Å². The number of H-pyrrole nitrogens is 2. The maximum absolute atomic E-state index is 12.6. The fourth-order valence-corrected chi connectivity index (χ4v) is 3.62. The Morgan fingerprint density at radius 1 is 1.12 bits per heavy atom. The Bertz CT molecular complexity index is 1130. The number of aromatic nitrogens is 2. The summed E-state index contributed by atoms with van der Waals surface area (Å²) in [5.74, 6) is 0.637. The number of hydrogen-bond acceptors (Lipinski definition) is 6. The molecule has 1 aromatic carbocycles. The maximum Gasteiger partial charge on any atom is 0.314 e. The number of benzene rings is 1. The number of fused-ring (bicyclic) bond motifs is 1. The standard InChI is InChI=1S/C16H18N4O5S/c1-20(2)13(14-4-3-7-25-14)9-17-26(23,24)10-5-6-11-12(8-10)19-16(22)15(21)18-11/h3-8,13,17H,9H2,1-2H3,(H,18,21)(H,19,22). The Hall–Kier alpha value is -2.69. The lowest BCUT2D eigenvalue weighted by molar-refractivity contribution is 0.259. The molecule has 138 valence electrons. The van der Waals surface area contributed by atoms with E-state index in [0.29, 0.717) is 11.3 Å². The number of furan rings is 1. The van der Waals surface area contributed by atoms with Crippen molar-refractivity contribution in [1.29, 1.82) is 0 Å². The number of aromatic amines is 2. The first-order valence-electron chi connectivity index (χ1n) is 7.74. The lowest BCUT2D eigenvalue weighted by Gasteiger charge is -2.22. The third kappa shape index (κ3) is 3.62. The van der Waals surface area contributed by atoms with Crippen molar-refractivity contribution in [3.05, 3.63) is 63.1 Å². The van der Waals surface area contributed by atoms with Crippen molar-refractivity contribution in [2.45, 2.75) is 10.9 Å². The highest BCUT2D eigenvalue weighted by atomic mass is 32.2. The predicted octanol–water partition coefficient (Wildman–Crippen LogP) is 0.391. The summed E-state index contributed by atoms with van der Waals surface area (Å²) in [7, 11) is -0.191. The van der Waals surface area contributed by atoms with Crippen LogP contribution in [-0.2, 0) is 10.0 Å². The van der Waals surface area contributed by atoms with E-state index < -0.39 is 21.1 Å². The second-order valence-electron chi connectivity index (χ2n) is 5.96. The quantitative estimate of drug-likeness (QED) is 0.532. The van der Waals surface area contributed by atoms with Crippen LogP contribution in [0.25, 0.3) is 11.0 Å². The highest BCUT2D eigenvalue weighted by Gasteiger charge is 2.21. The first-order valence-corrected chi connectivity index (χ1v) is 9.22. The molecule has 0 aliphatic rings. The van der Waals surface area contributed by atoms with E-state index in [0.717, 1.165) is 0 Å². The molecule has 26 heavy (non-hydrogen) atoms. The monoisotopic (exact) mass is 378 g/mol. The predicted molar refractivity (Wildman–Crippen MR) is 95.5 cm³/mol. The number of nitrogens with zero attached hydrogens (tertiary/aromatic N) is 1. The normalized spacial score (nSPS) is 13.3. The maximum atomic E-state index is 12.6. The van der Waals surface area contributed by atoms with Crippen LogP contribution in [0.15, 0.2) is 55.5 Å². The molecule has 0 bridgehead atoms. The average molecular weight is 378 g/mol. The summed E-state index contributed by atoms with van der Waals surface area (Å²) in [6.45, 7) is 0.100. The Kier molecular flexibility index (Phi) is 4.81. The molecule has 0 amide bonds. The van der Waals surface area contributed by atoms with Crippen molar-refractivity contribution in [3.63, 3.8) is 0 Å². The van der Waals surface area contributed by atoms with Gasteiger partial charge in [0.15, 0.2) is 0 Å². The van der Waals surface area contributed by atoms with Crippen LogP contribution >= 0.6 is 0 Å². The highest BCUT2D eigenvalue weighted by molar-refractivity contribution is 7.89. The van der Waals surface area contributed by atoms with Crippen molar-refractivity contribution >= 4 is 21.1 Å². The summed E-state index contributed by atoms with van der Waals surface area (Å²) < 4.78 is 33.1. The largest absolute Gasteiger partial charge is 0.468 e. The minimum atomic E-state index is -3.83. The van der Waals surface area contributed by atoms with Crippen molar-refractivity contribution in [2.24, 2.45) is 0 Å². The zero-order valence-corrected chi connectivity index (χ0v) is 15.0. The van der Waals surface area contributed by atoms with E-state index in [-0.39, 0.29) is 23.0 Å². The summed E-state index contributed by atoms with van der Waals surface area (Å²) in [6, 6.07) is 7.31. The van der Waals surface area contributed by atoms with Crippen LogP contribution in [0.3, 0.4) is 0 Å². The molecule has 0 aliphatic heterocycles. The van der Waals surface area contributed by atoms with Gasteiger partial charge in [0.2, 0.25) is 10.0 Å². The molecule has 0 radical (unpaired) electrons. The minimum Gasteiger partial charge on any atom is -0.468 e. The van der Waals surface area contributed by atoms with Crippen LogP contribution in [0.2, 0.25) is 0 Å². The first kappa shape index (κ1) is 18.1. The molecular formula is C16H18N4O5S. The first-order chi connectivity index (χ1) is 12.3. The third-order valence-corrected chi connectivity index (χ3v) is 5.39. The molecule has 0 saturated heterocycles. The van der Waals surface area contributed by atoms with E-state index in [1.807, 2.05) is 19.0 Å². The smallest absolute Gasteiger partial charge is 0.314 e. The molecule has 0 spiro atoms. The van der Waals surface area contributed by atoms with Crippen LogP contribution in [0, 0.1) is 0 Å². The lowest BCUT2D eigenvalue weighted by atomic mass is 10.2. The van der Waals surface area contributed by atoms with E-state index in [2.05, 4.69) is 14.7 Å². The van der Waals surface area contributed by atoms with Gasteiger partial charge in [-0.25, -0.2) is 13.1 Å². The van der Waals surface area contributed by atoms with E-state index in [1.54, 1.807) is 12.1 Å². The van der Waals surface area contributed by atoms with Crippen LogP contribution < -0.4 is 15.8 Å². The Labute approximate surface area is 148 Å². The summed E-state index contributed by atoms with van der Waals surface area (Å²) in [5, 5.41) is 0. The number of likely N-dealkylation sites (N-methyl/N-ethyl adjacent to an activating group) is 1. The summed E-state index contributed by atoms with van der Waals surface area (Å²) >= 11 is 0. The molecule has 3 aromatic rings. The molecule has 1 atom stereocenters. The van der Waals surface area contributed by atoms with Gasteiger partial charge in [-0.15, -0.1) is 0 Å². The molecule has 2 aromatic heterocycles. The number of nitrogens with one attached hydrogen (secondary N) is 3. The second kappa shape index (κ2) is 6.90. The molecule has 9 nitrogen and oxygen atoms in total. The molecular weight excluding hydrogens is 360 g/mol. The Morgan fingerprint density at radius 2 is 1.81 bits per heavy atom. The zero-order chi connectivity index (χ0) is 18.9. The molecule has 3 N–H and O–H groups in total. The third-order valence-electron chi connectivity index (χ3n) is 3.97. The fourth-order valence-electron chi connectivity index (χ4n) is 2.55. The molecule has 3 rings (SSSR count). The van der Waals surface area contributed by atoms with Crippen molar-refractivity contribution in [3.8, 4) is 0 Å². The van der Waals surface area contributed by atoms with Crippen LogP contribution in [0.1, 0.15) is 11.8 Å². The summed E-state index contributed by atoms with van der Waals surface area (Å²) in [5.41, 5.74) is -1.06. The van der Waals surface area contributed by atoms with Gasteiger partial charge in [-0.05, 0) is 44.4 Å². The van der Waals surface area contributed by atoms with Gasteiger partial charge in [0.05, 0.1) is 28.2 Å². The molecule has 1 unspecified atom stereocenters. The SMILES string of the molecule is CN(C)C(CNS(=O)(=O)c1ccc2[nH]c(=O)c(=O)[nH]c2c1)c1ccco1. The van der Waals surface area contributed by atoms with Crippen molar-refractivity contribution in [1.82, 2.24) is 19.6 Å². The van der Waals surface area contributed by atoms with E-state index in [1.165, 1.54) is 24.5 Å². The van der Waals surface area contributed by atoms with Gasteiger partial charge in [0.25, 0.3) is 0 Å². The second-order valence-corrected chi connectivity index (χ2v) is 7.73. The lowest BCUT2D eigenvalue weighted by Crippen LogP contribution is -2.34. The Balaban J connectivity index is 1.88. The Morgan fingerprint density at radius 3 is 2.42 bits per heavy atom. The summed E-state index contributed by atoms with van der Waals surface area (Å²) in [6.07, 6.45) is 1.53. The van der Waals surface area contributed by atoms with Crippen LogP contribution in [0.4, 0.5) is 0 Å². The van der Waals surface area contributed by atoms with Gasteiger partial charge in [0, 0.05) is 6.54 Å². The van der Waals surface area contributed by atoms with Gasteiger partial charge in [-0.1, -0.05) is 0 Å². The van der Waals surface area contributed by atoms with Crippen LogP contribution in [0.5, 0.6) is 0 Å². The number of sulfonamides is 1. The van der Waals surface area contributed by atoms with Gasteiger partial charge >= 0.3 is 11.1 Å². The van der Waals surface area contributed by atoms with E-state index >= 15 is 0 Å². The van der Waals surface area contributed by atoms with E-state index in [9.17, 15) is 18.0 Å². The number of hydrogen-bond donors (Lipinski definition) is 3. The van der Waals surface area contributed by atoms with E-state index in [4.69, 9.17) is 4.42 Å². The minimum absolute atomic E-state index is 0.0235. The van der Waals surface area contributed by atoms with Crippen LogP contribution in [-0.4, -0.2) is 43.9 Å². The topological polar surface area (TPSA) is 128 Å². The average Bonchev–Trinajstić information content (AvgIpc) is 3.09. The fraction of sp³-hybridized carbons (Fsp3) is 0.250. The van der Waals surface area contributed by atoms with Gasteiger partial charge in [-0.3, -0.25) is 14.5 Å². The molecule has 0 aliphatic carbocycles. The van der Waals surface area contributed by atoms with Crippen molar-refractivity contribution in [2.75, 3.05) is 20.6 Å². The zero-order valence-electron chi connectivity index (χ0n) is 14.1. The molecule has 0 saturated carbocycles. The van der Waals surface area contributed by atoms with Gasteiger partial charge in [-0.2, -0.15) is 0 Å². The molecule has 2 heterocycles. The molecule has 10 heteroatoms. The van der Waals surface area contributed by atoms with Gasteiger partial charge < -0.3 is 14.4 Å². The highest BCUT2D eigenvalue weighted by Crippen LogP contribution is 2.19. The van der Waals surface area contributed by atoms with Crippen molar-refractivity contribution < 1.29 is 12.8 Å².